The molecule has 1 aromatic rings. The molecule has 1 amide bonds. The summed E-state index contributed by atoms with van der Waals surface area (Å²) in [4.78, 5) is 53.4. The minimum absolute atomic E-state index is 0.0927. The van der Waals surface area contributed by atoms with Gasteiger partial charge in [-0.15, -0.1) is 0 Å². The number of phenolic OH excluding ortho intramolecular Hbond substituents is 1. The number of nitrogen functional groups attached to an aromatic ring is 1. The standard InChI is InChI=1S/C25H29N3O9/c1-5-11(29)37-21-12-8(2)9-6-7-10(26)18(30)13(9)19(31)14(12)22(33)25(36)16(21)17(28(3)4)20(32)15(23(25)34)24(27)35/h6-8,12,16-17,21,30,32-33,36H,5,26H2,1-4H3,(H2,27,35)/t8-,12+,16+,17-,21-,25-/m0/s1. The molecule has 8 N–H and O–H groups in total. The molecule has 0 spiro atoms. The van der Waals surface area contributed by atoms with Gasteiger partial charge < -0.3 is 36.6 Å². The maximum Gasteiger partial charge on any atom is 0.305 e. The number of aliphatic hydroxyl groups excluding tert-OH is 2. The van der Waals surface area contributed by atoms with E-state index in [4.69, 9.17) is 16.2 Å². The predicted octanol–water partition coefficient (Wildman–Crippen LogP) is 0.196. The number of rotatable bonds is 4. The highest BCUT2D eigenvalue weighted by molar-refractivity contribution is 6.25. The lowest BCUT2D eigenvalue weighted by molar-refractivity contribution is -0.180. The largest absolute Gasteiger partial charge is 0.510 e. The fraction of sp³-hybridized carbons (Fsp3) is 0.440. The van der Waals surface area contributed by atoms with Gasteiger partial charge >= 0.3 is 5.97 Å². The van der Waals surface area contributed by atoms with Crippen molar-refractivity contribution in [3.8, 4) is 5.75 Å². The Labute approximate surface area is 211 Å². The molecule has 4 rings (SSSR count). The molecule has 0 bridgehead atoms. The summed E-state index contributed by atoms with van der Waals surface area (Å²) in [5.41, 5.74) is 6.77. The summed E-state index contributed by atoms with van der Waals surface area (Å²) >= 11 is 0. The summed E-state index contributed by atoms with van der Waals surface area (Å²) in [7, 11) is 2.96. The van der Waals surface area contributed by atoms with Gasteiger partial charge in [0.05, 0.1) is 23.2 Å². The van der Waals surface area contributed by atoms with Crippen LogP contribution in [-0.2, 0) is 19.1 Å². The number of esters is 1. The van der Waals surface area contributed by atoms with Gasteiger partial charge in [0.15, 0.2) is 11.4 Å². The van der Waals surface area contributed by atoms with E-state index in [1.54, 1.807) is 6.92 Å². The summed E-state index contributed by atoms with van der Waals surface area (Å²) in [6.45, 7) is 3.19. The average Bonchev–Trinajstić information content (AvgIpc) is 2.82. The number of nitrogens with zero attached hydrogens (tertiary/aromatic N) is 1. The third-order valence-corrected chi connectivity index (χ3v) is 7.69. The number of Topliss-reactive ketones (excluding diaryl/α,β-unsaturated/α-hetero) is 2. The first-order chi connectivity index (χ1) is 17.2. The Hall–Kier alpha value is -3.90. The minimum atomic E-state index is -2.97. The van der Waals surface area contributed by atoms with E-state index in [1.807, 2.05) is 0 Å². The number of anilines is 1. The second-order valence-electron chi connectivity index (χ2n) is 9.84. The number of amides is 1. The lowest BCUT2D eigenvalue weighted by Crippen LogP contribution is -2.69. The number of primary amides is 1. The van der Waals surface area contributed by atoms with E-state index < -0.39 is 87.4 Å². The monoisotopic (exact) mass is 515 g/mol. The van der Waals surface area contributed by atoms with Gasteiger partial charge in [0.1, 0.15) is 28.9 Å². The topological polar surface area (TPSA) is 214 Å². The van der Waals surface area contributed by atoms with Crippen LogP contribution in [0.2, 0.25) is 0 Å². The molecule has 0 aromatic heterocycles. The Kier molecular flexibility index (Phi) is 6.08. The first-order valence-electron chi connectivity index (χ1n) is 11.7. The fourth-order valence-corrected chi connectivity index (χ4v) is 5.99. The quantitative estimate of drug-likeness (QED) is 0.138. The van der Waals surface area contributed by atoms with Crippen LogP contribution in [0.1, 0.15) is 42.1 Å². The number of carbonyl (C=O) groups excluding carboxylic acids is 4. The van der Waals surface area contributed by atoms with Crippen LogP contribution in [0, 0.1) is 11.8 Å². The number of aromatic hydroxyl groups is 1. The van der Waals surface area contributed by atoms with Crippen molar-refractivity contribution in [3.63, 3.8) is 0 Å². The number of aliphatic hydroxyl groups is 3. The third-order valence-electron chi connectivity index (χ3n) is 7.69. The van der Waals surface area contributed by atoms with Gasteiger partial charge in [0.25, 0.3) is 5.91 Å². The summed E-state index contributed by atoms with van der Waals surface area (Å²) in [6.07, 6.45) is -1.52. The van der Waals surface area contributed by atoms with E-state index in [-0.39, 0.29) is 17.7 Å². The summed E-state index contributed by atoms with van der Waals surface area (Å²) in [5.74, 6) is -10.2. The zero-order chi connectivity index (χ0) is 27.7. The van der Waals surface area contributed by atoms with Crippen LogP contribution in [0.3, 0.4) is 0 Å². The van der Waals surface area contributed by atoms with Crippen molar-refractivity contribution < 1.29 is 44.3 Å². The average molecular weight is 516 g/mol. The van der Waals surface area contributed by atoms with Crippen LogP contribution in [-0.4, -0.2) is 80.6 Å². The van der Waals surface area contributed by atoms with Crippen molar-refractivity contribution in [2.45, 2.75) is 43.9 Å². The maximum atomic E-state index is 13.7. The Morgan fingerprint density at radius 3 is 2.32 bits per heavy atom. The first kappa shape index (κ1) is 26.2. The normalized spacial score (nSPS) is 31.1. The highest BCUT2D eigenvalue weighted by Gasteiger charge is 2.68. The number of ether oxygens (including phenoxy) is 1. The molecule has 12 heteroatoms. The van der Waals surface area contributed by atoms with E-state index in [2.05, 4.69) is 0 Å². The Bertz CT molecular complexity index is 1310. The number of hydrogen-bond donors (Lipinski definition) is 6. The molecular weight excluding hydrogens is 486 g/mol. The molecule has 0 aliphatic heterocycles. The number of fused-ring (bicyclic) bond motifs is 3. The van der Waals surface area contributed by atoms with Crippen LogP contribution < -0.4 is 11.5 Å². The highest BCUT2D eigenvalue weighted by Crippen LogP contribution is 2.56. The van der Waals surface area contributed by atoms with Crippen LogP contribution in [0.5, 0.6) is 5.75 Å². The van der Waals surface area contributed by atoms with Crippen LogP contribution in [0.25, 0.3) is 0 Å². The summed E-state index contributed by atoms with van der Waals surface area (Å²) < 4.78 is 5.74. The van der Waals surface area contributed by atoms with Crippen LogP contribution in [0.4, 0.5) is 5.69 Å². The number of nitrogens with two attached hydrogens (primary N) is 2. The van der Waals surface area contributed by atoms with E-state index in [9.17, 15) is 39.6 Å². The van der Waals surface area contributed by atoms with E-state index in [0.717, 1.165) is 0 Å². The van der Waals surface area contributed by atoms with Crippen molar-refractivity contribution in [1.29, 1.82) is 0 Å². The number of hydrogen-bond acceptors (Lipinski definition) is 11. The second-order valence-corrected chi connectivity index (χ2v) is 9.84. The molecule has 0 radical (unpaired) electrons. The molecule has 0 fully saturated rings. The third kappa shape index (κ3) is 3.36. The zero-order valence-electron chi connectivity index (χ0n) is 20.7. The minimum Gasteiger partial charge on any atom is -0.510 e. The van der Waals surface area contributed by atoms with Crippen molar-refractivity contribution in [2.24, 2.45) is 17.6 Å². The molecule has 0 saturated heterocycles. The molecule has 0 heterocycles. The molecule has 1 aromatic carbocycles. The van der Waals surface area contributed by atoms with Crippen LogP contribution in [0.15, 0.2) is 34.8 Å². The number of carbonyl (C=O) groups is 4. The fourth-order valence-electron chi connectivity index (χ4n) is 5.99. The van der Waals surface area contributed by atoms with Gasteiger partial charge in [-0.25, -0.2) is 0 Å². The van der Waals surface area contributed by atoms with Gasteiger partial charge in [-0.1, -0.05) is 19.9 Å². The van der Waals surface area contributed by atoms with Crippen LogP contribution >= 0.6 is 0 Å². The molecule has 37 heavy (non-hydrogen) atoms. The number of phenols is 1. The molecule has 0 unspecified atom stereocenters. The zero-order valence-corrected chi connectivity index (χ0v) is 20.7. The lowest BCUT2D eigenvalue weighted by atomic mass is 9.55. The summed E-state index contributed by atoms with van der Waals surface area (Å²) in [5, 5.41) is 44.9. The molecule has 0 saturated carbocycles. The van der Waals surface area contributed by atoms with E-state index >= 15 is 0 Å². The molecule has 198 valence electrons. The maximum absolute atomic E-state index is 13.7. The molecular formula is C25H29N3O9. The molecule has 12 nitrogen and oxygen atoms in total. The lowest BCUT2D eigenvalue weighted by Gasteiger charge is -2.54. The van der Waals surface area contributed by atoms with Gasteiger partial charge in [-0.2, -0.15) is 0 Å². The smallest absolute Gasteiger partial charge is 0.305 e. The summed E-state index contributed by atoms with van der Waals surface area (Å²) in [6, 6.07) is 1.60. The van der Waals surface area contributed by atoms with Crippen molar-refractivity contribution in [3.05, 3.63) is 45.9 Å². The SMILES string of the molecule is CCC(=O)O[C@H]1[C@H]2C(=C(O)[C@]3(O)C(=O)C(C(N)=O)=C(O)[C@@H](N(C)C)[C@H]13)C(=O)c1c(ccc(N)c1O)[C@@H]2C. The van der Waals surface area contributed by atoms with E-state index in [1.165, 1.54) is 38.1 Å². The molecule has 3 aliphatic carbocycles. The highest BCUT2D eigenvalue weighted by atomic mass is 16.5. The van der Waals surface area contributed by atoms with Gasteiger partial charge in [-0.3, -0.25) is 24.1 Å². The Morgan fingerprint density at radius 2 is 1.78 bits per heavy atom. The Morgan fingerprint density at radius 1 is 1.16 bits per heavy atom. The molecule has 3 aliphatic rings. The first-order valence-corrected chi connectivity index (χ1v) is 11.7. The Balaban J connectivity index is 2.12. The molecule has 6 atom stereocenters. The van der Waals surface area contributed by atoms with E-state index in [0.29, 0.717) is 5.56 Å². The van der Waals surface area contributed by atoms with Gasteiger partial charge in [0.2, 0.25) is 5.78 Å². The predicted molar refractivity (Wildman–Crippen MR) is 128 cm³/mol. The van der Waals surface area contributed by atoms with Crippen molar-refractivity contribution in [1.82, 2.24) is 4.90 Å². The number of likely N-dealkylation sites (N-methyl/N-ethyl adjacent to an activating group) is 1. The van der Waals surface area contributed by atoms with Gasteiger partial charge in [-0.05, 0) is 31.6 Å². The number of benzene rings is 1. The second kappa shape index (κ2) is 8.60. The van der Waals surface area contributed by atoms with Crippen molar-refractivity contribution in [2.75, 3.05) is 19.8 Å². The van der Waals surface area contributed by atoms with Crippen molar-refractivity contribution >= 4 is 29.1 Å². The van der Waals surface area contributed by atoms with Gasteiger partial charge in [0, 0.05) is 17.9 Å². The number of ketones is 2.